The van der Waals surface area contributed by atoms with Crippen LogP contribution in [0.3, 0.4) is 0 Å². The maximum atomic E-state index is 4.67. The summed E-state index contributed by atoms with van der Waals surface area (Å²) in [6.45, 7) is 7.16. The lowest BCUT2D eigenvalue weighted by Crippen LogP contribution is -2.37. The number of aromatic nitrogens is 2. The Kier molecular flexibility index (Phi) is 5.20. The van der Waals surface area contributed by atoms with Crippen LogP contribution in [0.4, 0.5) is 0 Å². The van der Waals surface area contributed by atoms with Crippen LogP contribution in [-0.4, -0.2) is 18.0 Å². The molecule has 0 spiro atoms. The van der Waals surface area contributed by atoms with Crippen molar-refractivity contribution >= 4 is 24.0 Å². The number of hydrogen-bond acceptors (Lipinski definition) is 2. The van der Waals surface area contributed by atoms with Gasteiger partial charge >= 0.3 is 0 Å². The molecule has 0 aliphatic rings. The first-order valence-corrected chi connectivity index (χ1v) is 14.5. The van der Waals surface area contributed by atoms with Crippen LogP contribution < -0.4 is 5.19 Å². The van der Waals surface area contributed by atoms with E-state index in [1.54, 1.807) is 12.4 Å². The van der Waals surface area contributed by atoms with Crippen LogP contribution in [0.5, 0.6) is 0 Å². The van der Waals surface area contributed by atoms with Gasteiger partial charge in [-0.2, -0.15) is 0 Å². The van der Waals surface area contributed by atoms with Gasteiger partial charge in [0.1, 0.15) is 0 Å². The Labute approximate surface area is 190 Å². The molecule has 0 radical (unpaired) electrons. The minimum Gasteiger partial charge on any atom is -0.265 e. The van der Waals surface area contributed by atoms with Crippen molar-refractivity contribution in [2.45, 2.75) is 19.6 Å². The Morgan fingerprint density at radius 1 is 0.531 bits per heavy atom. The standard InChI is InChI=1S/C29H26N2Si/c1-32(2,3)28-11-8-21(9-12-28)24-6-4-22-5-7-25(19-27(22)18-24)26-10-13-29(31-20-26)23-14-16-30-17-15-23/h4-20H,1-3H3. The second-order valence-corrected chi connectivity index (χ2v) is 14.3. The molecule has 2 heterocycles. The number of fused-ring (bicyclic) bond motifs is 1. The van der Waals surface area contributed by atoms with E-state index in [1.807, 2.05) is 18.3 Å². The van der Waals surface area contributed by atoms with Crippen LogP contribution in [0.25, 0.3) is 44.3 Å². The van der Waals surface area contributed by atoms with Gasteiger partial charge in [0.15, 0.2) is 0 Å². The van der Waals surface area contributed by atoms with Crippen LogP contribution in [0.15, 0.2) is 104 Å². The van der Waals surface area contributed by atoms with Crippen molar-refractivity contribution in [1.82, 2.24) is 9.97 Å². The van der Waals surface area contributed by atoms with Crippen molar-refractivity contribution in [3.05, 3.63) is 104 Å². The lowest BCUT2D eigenvalue weighted by molar-refractivity contribution is 1.29. The third-order valence-corrected chi connectivity index (χ3v) is 8.06. The average molecular weight is 431 g/mol. The molecular weight excluding hydrogens is 404 g/mol. The summed E-state index contributed by atoms with van der Waals surface area (Å²) in [6.07, 6.45) is 5.55. The fourth-order valence-electron chi connectivity index (χ4n) is 4.03. The molecule has 0 unspecified atom stereocenters. The summed E-state index contributed by atoms with van der Waals surface area (Å²) in [4.78, 5) is 8.76. The molecule has 0 aliphatic heterocycles. The normalized spacial score (nSPS) is 11.6. The first kappa shape index (κ1) is 20.3. The van der Waals surface area contributed by atoms with E-state index in [0.717, 1.165) is 16.8 Å². The molecule has 2 nitrogen and oxygen atoms in total. The van der Waals surface area contributed by atoms with Gasteiger partial charge in [-0.1, -0.05) is 79.4 Å². The third-order valence-electron chi connectivity index (χ3n) is 6.00. The summed E-state index contributed by atoms with van der Waals surface area (Å²) in [5.41, 5.74) is 6.86. The predicted octanol–water partition coefficient (Wildman–Crippen LogP) is 7.18. The molecule has 5 aromatic rings. The zero-order chi connectivity index (χ0) is 22.1. The molecule has 0 N–H and O–H groups in total. The van der Waals surface area contributed by atoms with Crippen LogP contribution in [0.2, 0.25) is 19.6 Å². The van der Waals surface area contributed by atoms with Gasteiger partial charge < -0.3 is 0 Å². The van der Waals surface area contributed by atoms with E-state index >= 15 is 0 Å². The lowest BCUT2D eigenvalue weighted by Gasteiger charge is -2.17. The minimum absolute atomic E-state index is 0.959. The molecule has 3 heteroatoms. The summed E-state index contributed by atoms with van der Waals surface area (Å²) in [5, 5.41) is 3.98. The Balaban J connectivity index is 1.47. The Morgan fingerprint density at radius 2 is 1.12 bits per heavy atom. The van der Waals surface area contributed by atoms with Crippen LogP contribution in [-0.2, 0) is 0 Å². The van der Waals surface area contributed by atoms with E-state index in [1.165, 1.54) is 32.6 Å². The number of benzene rings is 3. The van der Waals surface area contributed by atoms with Gasteiger partial charge in [0.25, 0.3) is 0 Å². The van der Waals surface area contributed by atoms with Gasteiger partial charge in [-0.3, -0.25) is 9.97 Å². The van der Waals surface area contributed by atoms with Crippen molar-refractivity contribution in [2.24, 2.45) is 0 Å². The highest BCUT2D eigenvalue weighted by Gasteiger charge is 2.15. The quantitative estimate of drug-likeness (QED) is 0.282. The summed E-state index contributed by atoms with van der Waals surface area (Å²) in [7, 11) is -1.28. The molecule has 0 fully saturated rings. The van der Waals surface area contributed by atoms with E-state index in [0.29, 0.717) is 0 Å². The highest BCUT2D eigenvalue weighted by molar-refractivity contribution is 6.88. The van der Waals surface area contributed by atoms with Crippen molar-refractivity contribution < 1.29 is 0 Å². The lowest BCUT2D eigenvalue weighted by atomic mass is 9.98. The Hall–Kier alpha value is -3.56. The van der Waals surface area contributed by atoms with Crippen molar-refractivity contribution in [3.63, 3.8) is 0 Å². The fourth-order valence-corrected chi connectivity index (χ4v) is 5.19. The van der Waals surface area contributed by atoms with E-state index in [9.17, 15) is 0 Å². The maximum Gasteiger partial charge on any atom is 0.0775 e. The summed E-state index contributed by atoms with van der Waals surface area (Å²) in [6, 6.07) is 30.7. The SMILES string of the molecule is C[Si](C)(C)c1ccc(-c2ccc3ccc(-c4ccc(-c5ccncc5)nc4)cc3c2)cc1. The summed E-state index contributed by atoms with van der Waals surface area (Å²) >= 11 is 0. The van der Waals surface area contributed by atoms with E-state index in [2.05, 4.69) is 102 Å². The van der Waals surface area contributed by atoms with Gasteiger partial charge in [0.2, 0.25) is 0 Å². The van der Waals surface area contributed by atoms with Crippen LogP contribution in [0, 0.1) is 0 Å². The zero-order valence-corrected chi connectivity index (χ0v) is 19.7. The first-order chi connectivity index (χ1) is 15.5. The van der Waals surface area contributed by atoms with Gasteiger partial charge in [0.05, 0.1) is 13.8 Å². The van der Waals surface area contributed by atoms with Crippen molar-refractivity contribution in [2.75, 3.05) is 0 Å². The number of rotatable bonds is 4. The molecule has 0 saturated heterocycles. The fraction of sp³-hybridized carbons (Fsp3) is 0.103. The molecule has 5 rings (SSSR count). The Bertz CT molecular complexity index is 1370. The topological polar surface area (TPSA) is 25.8 Å². The number of pyridine rings is 2. The van der Waals surface area contributed by atoms with E-state index in [4.69, 9.17) is 0 Å². The molecule has 0 amide bonds. The molecule has 3 aromatic carbocycles. The largest absolute Gasteiger partial charge is 0.265 e. The minimum atomic E-state index is -1.28. The molecule has 0 aliphatic carbocycles. The van der Waals surface area contributed by atoms with Crippen LogP contribution >= 0.6 is 0 Å². The second-order valence-electron chi connectivity index (χ2n) is 9.27. The molecule has 0 saturated carbocycles. The number of hydrogen-bond donors (Lipinski definition) is 0. The first-order valence-electron chi connectivity index (χ1n) is 11.0. The van der Waals surface area contributed by atoms with E-state index in [-0.39, 0.29) is 0 Å². The second kappa shape index (κ2) is 8.17. The average Bonchev–Trinajstić information content (AvgIpc) is 2.83. The highest BCUT2D eigenvalue weighted by Crippen LogP contribution is 2.29. The summed E-state index contributed by atoms with van der Waals surface area (Å²) < 4.78 is 0. The number of nitrogens with zero attached hydrogens (tertiary/aromatic N) is 2. The van der Waals surface area contributed by atoms with E-state index < -0.39 is 8.07 Å². The summed E-state index contributed by atoms with van der Waals surface area (Å²) in [5.74, 6) is 0. The highest BCUT2D eigenvalue weighted by atomic mass is 28.3. The molecule has 0 bridgehead atoms. The monoisotopic (exact) mass is 430 g/mol. The maximum absolute atomic E-state index is 4.67. The van der Waals surface area contributed by atoms with Gasteiger partial charge in [-0.25, -0.2) is 0 Å². The van der Waals surface area contributed by atoms with Crippen molar-refractivity contribution in [1.29, 1.82) is 0 Å². The van der Waals surface area contributed by atoms with Gasteiger partial charge in [0, 0.05) is 29.7 Å². The smallest absolute Gasteiger partial charge is 0.0775 e. The van der Waals surface area contributed by atoms with Crippen molar-refractivity contribution in [3.8, 4) is 33.5 Å². The molecule has 32 heavy (non-hydrogen) atoms. The molecular formula is C29H26N2Si. The van der Waals surface area contributed by atoms with Gasteiger partial charge in [-0.15, -0.1) is 0 Å². The third kappa shape index (κ3) is 4.12. The zero-order valence-electron chi connectivity index (χ0n) is 18.7. The Morgan fingerprint density at radius 3 is 1.72 bits per heavy atom. The van der Waals surface area contributed by atoms with Gasteiger partial charge in [-0.05, 0) is 57.8 Å². The molecule has 2 aromatic heterocycles. The predicted molar refractivity (Wildman–Crippen MR) is 139 cm³/mol. The molecule has 0 atom stereocenters. The van der Waals surface area contributed by atoms with Crippen LogP contribution in [0.1, 0.15) is 0 Å². The molecule has 156 valence electrons.